The summed E-state index contributed by atoms with van der Waals surface area (Å²) in [5.41, 5.74) is 0.254. The minimum Gasteiger partial charge on any atom is -0.455 e. The maximum Gasteiger partial charge on any atom is 0.313 e. The van der Waals surface area contributed by atoms with E-state index < -0.39 is 53.6 Å². The van der Waals surface area contributed by atoms with Crippen molar-refractivity contribution in [1.29, 1.82) is 0 Å². The van der Waals surface area contributed by atoms with Gasteiger partial charge in [-0.1, -0.05) is 103 Å². The molecule has 0 radical (unpaired) electrons. The van der Waals surface area contributed by atoms with E-state index in [9.17, 15) is 24.3 Å². The molecular weight excluding hydrogens is 690 g/mol. The fourth-order valence-electron chi connectivity index (χ4n) is 7.60. The number of ether oxygens (including phenoxy) is 2. The molecule has 3 fully saturated rings. The van der Waals surface area contributed by atoms with Gasteiger partial charge in [-0.05, 0) is 29.9 Å². The second-order valence-electron chi connectivity index (χ2n) is 13.4. The van der Waals surface area contributed by atoms with Crippen molar-refractivity contribution < 1.29 is 33.8 Å². The van der Waals surface area contributed by atoms with E-state index in [0.717, 1.165) is 5.56 Å². The van der Waals surface area contributed by atoms with E-state index in [2.05, 4.69) is 34.4 Å². The summed E-state index contributed by atoms with van der Waals surface area (Å²) in [6.45, 7) is 11.5. The summed E-state index contributed by atoms with van der Waals surface area (Å²) in [7, 11) is 0. The number of hydrogen-bond acceptors (Lipinski definition) is 7. The van der Waals surface area contributed by atoms with Gasteiger partial charge in [0, 0.05) is 24.3 Å². The van der Waals surface area contributed by atoms with Gasteiger partial charge >= 0.3 is 5.97 Å². The Kier molecular flexibility index (Phi) is 11.8. The summed E-state index contributed by atoms with van der Waals surface area (Å²) in [6.07, 6.45) is 2.82. The molecular formula is C38H46BrN3O7. The van der Waals surface area contributed by atoms with Crippen molar-refractivity contribution in [1.82, 2.24) is 15.1 Å². The molecule has 8 atom stereocenters. The van der Waals surface area contributed by atoms with Crippen molar-refractivity contribution >= 4 is 39.6 Å². The number of halogens is 1. The Morgan fingerprint density at radius 1 is 1.12 bits per heavy atom. The summed E-state index contributed by atoms with van der Waals surface area (Å²) in [5, 5.41) is 13.4. The van der Waals surface area contributed by atoms with Crippen LogP contribution in [-0.2, 0) is 35.2 Å². The molecule has 1 unspecified atom stereocenters. The lowest BCUT2D eigenvalue weighted by Gasteiger charge is -2.40. The van der Waals surface area contributed by atoms with Gasteiger partial charge in [-0.3, -0.25) is 19.2 Å². The third-order valence-corrected chi connectivity index (χ3v) is 10.8. The molecule has 11 heteroatoms. The molecule has 2 aromatic rings. The van der Waals surface area contributed by atoms with Crippen LogP contribution in [0.3, 0.4) is 0 Å². The molecule has 49 heavy (non-hydrogen) atoms. The van der Waals surface area contributed by atoms with Gasteiger partial charge in [0.25, 0.3) is 0 Å². The second kappa shape index (κ2) is 15.8. The highest BCUT2D eigenvalue weighted by Gasteiger charge is 2.77. The van der Waals surface area contributed by atoms with Crippen LogP contribution in [0.2, 0.25) is 0 Å². The fourth-order valence-corrected chi connectivity index (χ4v) is 8.54. The molecule has 3 aliphatic rings. The zero-order valence-corrected chi connectivity index (χ0v) is 29.7. The summed E-state index contributed by atoms with van der Waals surface area (Å²) in [6, 6.07) is 16.9. The summed E-state index contributed by atoms with van der Waals surface area (Å²) < 4.78 is 12.9. The van der Waals surface area contributed by atoms with Crippen molar-refractivity contribution in [2.45, 2.75) is 74.4 Å². The van der Waals surface area contributed by atoms with Crippen molar-refractivity contribution in [2.24, 2.45) is 17.8 Å². The Hall–Kier alpha value is -3.80. The number of carbonyl (C=O) groups is 4. The number of esters is 1. The molecule has 2 aromatic carbocycles. The SMILES string of the molecule is C=CCCC(=O)NC[C@H](OC(=O)[C@H]1[C@@H]2O[C@@]3(CC2Br)[C@@H]1C(=O)N([C@@H](CO)C(C)C)[C@@H]3C(=O)N(CC=C)Cc1ccccc1)c1ccccc1. The van der Waals surface area contributed by atoms with Gasteiger partial charge in [0.1, 0.15) is 17.7 Å². The number of rotatable bonds is 16. The van der Waals surface area contributed by atoms with Gasteiger partial charge in [-0.2, -0.15) is 0 Å². The van der Waals surface area contributed by atoms with Gasteiger partial charge in [0.15, 0.2) is 0 Å². The predicted octanol–water partition coefficient (Wildman–Crippen LogP) is 4.33. The van der Waals surface area contributed by atoms with Gasteiger partial charge in [-0.15, -0.1) is 13.2 Å². The van der Waals surface area contributed by atoms with Crippen molar-refractivity contribution in [2.75, 3.05) is 19.7 Å². The maximum absolute atomic E-state index is 14.8. The van der Waals surface area contributed by atoms with Crippen LogP contribution in [0.5, 0.6) is 0 Å². The molecule has 2 N–H and O–H groups in total. The predicted molar refractivity (Wildman–Crippen MR) is 188 cm³/mol. The van der Waals surface area contributed by atoms with Crippen molar-refractivity contribution in [3.63, 3.8) is 0 Å². The number of benzene rings is 2. The average molecular weight is 737 g/mol. The van der Waals surface area contributed by atoms with Crippen LogP contribution in [0.25, 0.3) is 0 Å². The number of aliphatic hydroxyl groups is 1. The van der Waals surface area contributed by atoms with E-state index in [0.29, 0.717) is 18.4 Å². The molecule has 0 aromatic heterocycles. The number of aliphatic hydroxyl groups excluding tert-OH is 1. The molecule has 262 valence electrons. The molecule has 3 amide bonds. The lowest BCUT2D eigenvalue weighted by molar-refractivity contribution is -0.161. The minimum absolute atomic E-state index is 0.0364. The lowest BCUT2D eigenvalue weighted by atomic mass is 9.70. The molecule has 5 rings (SSSR count). The monoisotopic (exact) mass is 735 g/mol. The van der Waals surface area contributed by atoms with E-state index in [4.69, 9.17) is 9.47 Å². The number of nitrogens with one attached hydrogen (secondary N) is 1. The Balaban J connectivity index is 1.50. The minimum atomic E-state index is -1.34. The van der Waals surface area contributed by atoms with Crippen LogP contribution < -0.4 is 5.32 Å². The number of likely N-dealkylation sites (tertiary alicyclic amines) is 1. The lowest BCUT2D eigenvalue weighted by Crippen LogP contribution is -2.59. The van der Waals surface area contributed by atoms with Crippen LogP contribution >= 0.6 is 15.9 Å². The van der Waals surface area contributed by atoms with Gasteiger partial charge in [0.2, 0.25) is 17.7 Å². The number of nitrogens with zero attached hydrogens (tertiary/aromatic N) is 2. The Labute approximate surface area is 296 Å². The van der Waals surface area contributed by atoms with Crippen LogP contribution in [0.15, 0.2) is 86.0 Å². The fraction of sp³-hybridized carbons (Fsp3) is 0.474. The molecule has 0 saturated carbocycles. The van der Waals surface area contributed by atoms with E-state index in [1.807, 2.05) is 74.5 Å². The zero-order valence-electron chi connectivity index (χ0n) is 28.1. The molecule has 3 saturated heterocycles. The van der Waals surface area contributed by atoms with Gasteiger partial charge < -0.3 is 29.7 Å². The van der Waals surface area contributed by atoms with Crippen LogP contribution in [0.4, 0.5) is 0 Å². The molecule has 1 spiro atoms. The highest BCUT2D eigenvalue weighted by molar-refractivity contribution is 9.09. The zero-order chi connectivity index (χ0) is 35.3. The molecule has 2 bridgehead atoms. The van der Waals surface area contributed by atoms with Crippen LogP contribution in [0.1, 0.15) is 50.3 Å². The largest absolute Gasteiger partial charge is 0.455 e. The molecule has 3 heterocycles. The number of carbonyl (C=O) groups excluding carboxylic acids is 4. The third kappa shape index (κ3) is 7.25. The number of hydrogen-bond donors (Lipinski definition) is 2. The molecule has 3 aliphatic heterocycles. The molecule has 0 aliphatic carbocycles. The first-order valence-corrected chi connectivity index (χ1v) is 17.8. The highest BCUT2D eigenvalue weighted by atomic mass is 79.9. The number of amides is 3. The van der Waals surface area contributed by atoms with E-state index in [-0.39, 0.29) is 55.2 Å². The number of fused-ring (bicyclic) bond motifs is 1. The van der Waals surface area contributed by atoms with Crippen molar-refractivity contribution in [3.05, 3.63) is 97.1 Å². The van der Waals surface area contributed by atoms with Gasteiger partial charge in [0.05, 0.1) is 37.1 Å². The Morgan fingerprint density at radius 3 is 2.41 bits per heavy atom. The number of alkyl halides is 1. The quantitative estimate of drug-likeness (QED) is 0.149. The third-order valence-electron chi connectivity index (χ3n) is 9.91. The summed E-state index contributed by atoms with van der Waals surface area (Å²) >= 11 is 3.72. The standard InChI is InChI=1S/C38H46BrN3O7/c1-5-7-18-30(44)40-21-29(26-16-12-9-13-17-26)48-37(47)31-32-35(45)42(28(23-43)24(3)4)34(38(32)20-27(39)33(31)49-38)36(46)41(19-6-2)22-25-14-10-8-11-15-25/h5-6,8-17,24,27-29,31-34,43H,1-2,7,18-23H2,3-4H3,(H,40,44)/t27?,28-,29-,31+,32-,33+,34+,38-/m0/s1. The number of allylic oxidation sites excluding steroid dienone is 1. The normalized spacial score (nSPS) is 26.6. The van der Waals surface area contributed by atoms with Crippen LogP contribution in [0, 0.1) is 17.8 Å². The molecule has 10 nitrogen and oxygen atoms in total. The summed E-state index contributed by atoms with van der Waals surface area (Å²) in [4.78, 5) is 59.0. The average Bonchev–Trinajstić information content (AvgIpc) is 3.69. The highest BCUT2D eigenvalue weighted by Crippen LogP contribution is 2.61. The Morgan fingerprint density at radius 2 is 1.80 bits per heavy atom. The first-order valence-electron chi connectivity index (χ1n) is 16.9. The van der Waals surface area contributed by atoms with Gasteiger partial charge in [-0.25, -0.2) is 0 Å². The van der Waals surface area contributed by atoms with E-state index in [1.165, 1.54) is 4.90 Å². The maximum atomic E-state index is 14.8. The Bertz CT molecular complexity index is 1520. The smallest absolute Gasteiger partial charge is 0.313 e. The topological polar surface area (TPSA) is 125 Å². The second-order valence-corrected chi connectivity index (χ2v) is 14.5. The first-order chi connectivity index (χ1) is 23.6. The summed E-state index contributed by atoms with van der Waals surface area (Å²) in [5.74, 6) is -3.83. The van der Waals surface area contributed by atoms with Crippen molar-refractivity contribution in [3.8, 4) is 0 Å². The van der Waals surface area contributed by atoms with E-state index in [1.54, 1.807) is 17.1 Å². The first kappa shape index (κ1) is 36.5. The van der Waals surface area contributed by atoms with E-state index >= 15 is 0 Å². The van der Waals surface area contributed by atoms with Crippen LogP contribution in [-0.4, -0.2) is 86.9 Å².